The molecule has 0 atom stereocenters. The highest BCUT2D eigenvalue weighted by Gasteiger charge is 2.18. The van der Waals surface area contributed by atoms with E-state index < -0.39 is 27.7 Å². The Labute approximate surface area is 193 Å². The molecule has 0 saturated heterocycles. The monoisotopic (exact) mass is 495 g/mol. The zero-order valence-electron chi connectivity index (χ0n) is 16.2. The van der Waals surface area contributed by atoms with Gasteiger partial charge in [0.15, 0.2) is 0 Å². The van der Waals surface area contributed by atoms with Crippen molar-refractivity contribution in [2.24, 2.45) is 0 Å². The first kappa shape index (κ1) is 23.7. The van der Waals surface area contributed by atoms with E-state index in [4.69, 9.17) is 23.2 Å². The average molecular weight is 496 g/mol. The number of hydrazine groups is 1. The third-order valence-electron chi connectivity index (χ3n) is 4.26. The van der Waals surface area contributed by atoms with Crippen molar-refractivity contribution >= 4 is 45.0 Å². The molecule has 3 aromatic rings. The lowest BCUT2D eigenvalue weighted by molar-refractivity contribution is 0.0846. The Kier molecular flexibility index (Phi) is 7.47. The van der Waals surface area contributed by atoms with Gasteiger partial charge in [-0.2, -0.15) is 0 Å². The first-order valence-electron chi connectivity index (χ1n) is 9.06. The first-order chi connectivity index (χ1) is 15.2. The molecule has 2 amide bonds. The van der Waals surface area contributed by atoms with Crippen LogP contribution in [0.1, 0.15) is 26.3 Å². The minimum absolute atomic E-state index is 0.0266. The average Bonchev–Trinajstić information content (AvgIpc) is 2.79. The Balaban J connectivity index is 1.67. The number of sulfonamides is 1. The van der Waals surface area contributed by atoms with Gasteiger partial charge in [-0.1, -0.05) is 59.6 Å². The van der Waals surface area contributed by atoms with Crippen LogP contribution >= 0.6 is 23.2 Å². The van der Waals surface area contributed by atoms with Crippen molar-refractivity contribution in [1.82, 2.24) is 15.6 Å². The van der Waals surface area contributed by atoms with E-state index in [1.807, 2.05) is 6.07 Å². The van der Waals surface area contributed by atoms with E-state index in [0.717, 1.165) is 23.8 Å². The molecule has 11 heteroatoms. The van der Waals surface area contributed by atoms with Gasteiger partial charge in [0.2, 0.25) is 10.0 Å². The van der Waals surface area contributed by atoms with Crippen molar-refractivity contribution in [2.45, 2.75) is 11.4 Å². The highest BCUT2D eigenvalue weighted by Crippen LogP contribution is 2.24. The SMILES string of the molecule is O=C(NNC(=O)c1cc(F)c(Cl)cc1Cl)c1cccc(S(=O)(=O)NCc2ccccc2)c1. The highest BCUT2D eigenvalue weighted by molar-refractivity contribution is 7.89. The van der Waals surface area contributed by atoms with E-state index in [-0.39, 0.29) is 32.6 Å². The largest absolute Gasteiger partial charge is 0.271 e. The van der Waals surface area contributed by atoms with Gasteiger partial charge in [0.05, 0.1) is 20.5 Å². The van der Waals surface area contributed by atoms with Gasteiger partial charge in [0.25, 0.3) is 11.8 Å². The van der Waals surface area contributed by atoms with Crippen LogP contribution in [0.2, 0.25) is 10.0 Å². The molecule has 3 N–H and O–H groups in total. The molecule has 0 unspecified atom stereocenters. The smallest absolute Gasteiger partial charge is 0.267 e. The standard InChI is InChI=1S/C21H16Cl2FN3O4S/c22-17-11-18(23)19(24)10-16(17)21(29)27-26-20(28)14-7-4-8-15(9-14)32(30,31)25-12-13-5-2-1-3-6-13/h1-11,25H,12H2,(H,26,28)(H,27,29). The van der Waals surface area contributed by atoms with Crippen molar-refractivity contribution in [3.05, 3.63) is 99.3 Å². The fourth-order valence-corrected chi connectivity index (χ4v) is 4.14. The van der Waals surface area contributed by atoms with E-state index in [2.05, 4.69) is 15.6 Å². The fourth-order valence-electron chi connectivity index (χ4n) is 2.61. The second-order valence-electron chi connectivity index (χ2n) is 6.49. The first-order valence-corrected chi connectivity index (χ1v) is 11.3. The second-order valence-corrected chi connectivity index (χ2v) is 9.07. The number of halogens is 3. The van der Waals surface area contributed by atoms with E-state index in [1.54, 1.807) is 24.3 Å². The number of hydrogen-bond donors (Lipinski definition) is 3. The second kappa shape index (κ2) is 10.1. The summed E-state index contributed by atoms with van der Waals surface area (Å²) in [7, 11) is -3.89. The summed E-state index contributed by atoms with van der Waals surface area (Å²) in [4.78, 5) is 24.4. The topological polar surface area (TPSA) is 104 Å². The summed E-state index contributed by atoms with van der Waals surface area (Å²) < 4.78 is 41.2. The summed E-state index contributed by atoms with van der Waals surface area (Å²) >= 11 is 11.5. The summed E-state index contributed by atoms with van der Waals surface area (Å²) in [6.45, 7) is 0.0774. The minimum atomic E-state index is -3.89. The molecule has 3 rings (SSSR count). The molecule has 3 aromatic carbocycles. The normalized spacial score (nSPS) is 11.1. The third kappa shape index (κ3) is 5.83. The molecule has 0 aromatic heterocycles. The molecule has 0 spiro atoms. The predicted octanol–water partition coefficient (Wildman–Crippen LogP) is 3.69. The zero-order valence-corrected chi connectivity index (χ0v) is 18.6. The molecular weight excluding hydrogens is 480 g/mol. The van der Waals surface area contributed by atoms with Crippen molar-refractivity contribution in [2.75, 3.05) is 0 Å². The number of amides is 2. The van der Waals surface area contributed by atoms with Crippen LogP contribution in [-0.2, 0) is 16.6 Å². The maximum Gasteiger partial charge on any atom is 0.271 e. The van der Waals surface area contributed by atoms with E-state index >= 15 is 0 Å². The molecular formula is C21H16Cl2FN3O4S. The molecule has 0 bridgehead atoms. The lowest BCUT2D eigenvalue weighted by atomic mass is 10.2. The Hall–Kier alpha value is -2.98. The summed E-state index contributed by atoms with van der Waals surface area (Å²) in [5, 5.41) is -0.366. The highest BCUT2D eigenvalue weighted by atomic mass is 35.5. The minimum Gasteiger partial charge on any atom is -0.267 e. The lowest BCUT2D eigenvalue weighted by Gasteiger charge is -2.11. The van der Waals surface area contributed by atoms with Crippen LogP contribution in [0.5, 0.6) is 0 Å². The maximum absolute atomic E-state index is 13.6. The molecule has 7 nitrogen and oxygen atoms in total. The molecule has 0 fully saturated rings. The van der Waals surface area contributed by atoms with Crippen LogP contribution in [0.4, 0.5) is 4.39 Å². The number of rotatable bonds is 6. The van der Waals surface area contributed by atoms with E-state index in [0.29, 0.717) is 0 Å². The number of carbonyl (C=O) groups is 2. The maximum atomic E-state index is 13.6. The molecule has 0 heterocycles. The molecule has 0 aliphatic rings. The van der Waals surface area contributed by atoms with Crippen LogP contribution in [0.3, 0.4) is 0 Å². The fraction of sp³-hybridized carbons (Fsp3) is 0.0476. The van der Waals surface area contributed by atoms with Crippen molar-refractivity contribution in [1.29, 1.82) is 0 Å². The quantitative estimate of drug-likeness (QED) is 0.358. The van der Waals surface area contributed by atoms with Crippen LogP contribution in [0.25, 0.3) is 0 Å². The summed E-state index contributed by atoms with van der Waals surface area (Å²) in [5.41, 5.74) is 4.72. The van der Waals surface area contributed by atoms with Gasteiger partial charge >= 0.3 is 0 Å². The van der Waals surface area contributed by atoms with Gasteiger partial charge in [-0.3, -0.25) is 20.4 Å². The van der Waals surface area contributed by atoms with Crippen LogP contribution in [0.15, 0.2) is 71.6 Å². The van der Waals surface area contributed by atoms with Gasteiger partial charge in [-0.15, -0.1) is 0 Å². The number of hydrogen-bond acceptors (Lipinski definition) is 4. The van der Waals surface area contributed by atoms with Gasteiger partial charge in [0, 0.05) is 12.1 Å². The van der Waals surface area contributed by atoms with Gasteiger partial charge in [0.1, 0.15) is 5.82 Å². The Morgan fingerprint density at radius 1 is 0.844 bits per heavy atom. The molecule has 0 aliphatic heterocycles. The Morgan fingerprint density at radius 3 is 2.25 bits per heavy atom. The van der Waals surface area contributed by atoms with Crippen molar-refractivity contribution in [3.8, 4) is 0 Å². The van der Waals surface area contributed by atoms with Gasteiger partial charge < -0.3 is 0 Å². The predicted molar refractivity (Wildman–Crippen MR) is 118 cm³/mol. The van der Waals surface area contributed by atoms with Crippen LogP contribution in [-0.4, -0.2) is 20.2 Å². The zero-order chi connectivity index (χ0) is 23.3. The number of benzene rings is 3. The lowest BCUT2D eigenvalue weighted by Crippen LogP contribution is -2.41. The molecule has 166 valence electrons. The van der Waals surface area contributed by atoms with Crippen molar-refractivity contribution in [3.63, 3.8) is 0 Å². The number of carbonyl (C=O) groups excluding carboxylic acids is 2. The van der Waals surface area contributed by atoms with E-state index in [9.17, 15) is 22.4 Å². The third-order valence-corrected chi connectivity index (χ3v) is 6.26. The van der Waals surface area contributed by atoms with Crippen LogP contribution < -0.4 is 15.6 Å². The molecule has 0 saturated carbocycles. The molecule has 0 radical (unpaired) electrons. The van der Waals surface area contributed by atoms with Crippen LogP contribution in [0, 0.1) is 5.82 Å². The Bertz CT molecular complexity index is 1270. The van der Waals surface area contributed by atoms with Crippen molar-refractivity contribution < 1.29 is 22.4 Å². The van der Waals surface area contributed by atoms with Gasteiger partial charge in [-0.05, 0) is 35.9 Å². The molecule has 32 heavy (non-hydrogen) atoms. The summed E-state index contributed by atoms with van der Waals surface area (Å²) in [6, 6.07) is 16.1. The summed E-state index contributed by atoms with van der Waals surface area (Å²) in [6.07, 6.45) is 0. The van der Waals surface area contributed by atoms with E-state index in [1.165, 1.54) is 18.2 Å². The Morgan fingerprint density at radius 2 is 1.53 bits per heavy atom. The number of nitrogens with one attached hydrogen (secondary N) is 3. The van der Waals surface area contributed by atoms with Gasteiger partial charge in [-0.25, -0.2) is 17.5 Å². The summed E-state index contributed by atoms with van der Waals surface area (Å²) in [5.74, 6) is -2.52. The molecule has 0 aliphatic carbocycles.